The molecular formula is C12H16N4O2. The molecule has 1 unspecified atom stereocenters. The maximum atomic E-state index is 12.3. The van der Waals surface area contributed by atoms with Crippen LogP contribution in [0.2, 0.25) is 0 Å². The number of amides is 2. The van der Waals surface area contributed by atoms with E-state index in [0.717, 1.165) is 12.1 Å². The highest BCUT2D eigenvalue weighted by molar-refractivity contribution is 5.95. The Morgan fingerprint density at radius 3 is 3.06 bits per heavy atom. The van der Waals surface area contributed by atoms with E-state index in [-0.39, 0.29) is 17.9 Å². The van der Waals surface area contributed by atoms with Crippen molar-refractivity contribution < 1.29 is 9.59 Å². The summed E-state index contributed by atoms with van der Waals surface area (Å²) in [7, 11) is 0. The Morgan fingerprint density at radius 1 is 1.50 bits per heavy atom. The maximum absolute atomic E-state index is 12.3. The van der Waals surface area contributed by atoms with Crippen LogP contribution >= 0.6 is 0 Å². The molecule has 0 aromatic carbocycles. The molecule has 3 heterocycles. The molecule has 6 heteroatoms. The van der Waals surface area contributed by atoms with Crippen LogP contribution in [0.1, 0.15) is 28.9 Å². The first kappa shape index (κ1) is 11.3. The number of carbonyl (C=O) groups is 2. The van der Waals surface area contributed by atoms with E-state index in [4.69, 9.17) is 0 Å². The normalized spacial score (nSPS) is 23.4. The van der Waals surface area contributed by atoms with Gasteiger partial charge in [0.2, 0.25) is 5.91 Å². The number of rotatable bonds is 1. The van der Waals surface area contributed by atoms with Crippen molar-refractivity contribution >= 4 is 11.8 Å². The Labute approximate surface area is 105 Å². The van der Waals surface area contributed by atoms with Crippen LogP contribution in [0.25, 0.3) is 0 Å². The summed E-state index contributed by atoms with van der Waals surface area (Å²) in [6, 6.07) is 0.211. The van der Waals surface area contributed by atoms with Gasteiger partial charge in [0.15, 0.2) is 0 Å². The third-order valence-electron chi connectivity index (χ3n) is 3.84. The lowest BCUT2D eigenvalue weighted by Gasteiger charge is -2.37. The van der Waals surface area contributed by atoms with E-state index >= 15 is 0 Å². The molecule has 0 aliphatic carbocycles. The molecule has 2 amide bonds. The highest BCUT2D eigenvalue weighted by atomic mass is 16.2. The van der Waals surface area contributed by atoms with Crippen molar-refractivity contribution in [2.75, 3.05) is 19.6 Å². The van der Waals surface area contributed by atoms with Crippen LogP contribution in [-0.2, 0) is 4.79 Å². The van der Waals surface area contributed by atoms with Gasteiger partial charge in [0.05, 0.1) is 11.8 Å². The monoisotopic (exact) mass is 248 g/mol. The Balaban J connectivity index is 1.74. The topological polar surface area (TPSA) is 69.3 Å². The van der Waals surface area contributed by atoms with Gasteiger partial charge in [-0.25, -0.2) is 0 Å². The molecular weight excluding hydrogens is 232 g/mol. The molecule has 6 nitrogen and oxygen atoms in total. The second kappa shape index (κ2) is 4.12. The molecule has 2 fully saturated rings. The quantitative estimate of drug-likeness (QED) is 0.770. The second-order valence-electron chi connectivity index (χ2n) is 4.94. The summed E-state index contributed by atoms with van der Waals surface area (Å²) in [6.45, 7) is 3.77. The minimum absolute atomic E-state index is 0.0141. The van der Waals surface area contributed by atoms with Crippen LogP contribution < -0.4 is 0 Å². The third kappa shape index (κ3) is 1.68. The highest BCUT2D eigenvalue weighted by Gasteiger charge is 2.37. The summed E-state index contributed by atoms with van der Waals surface area (Å²) in [5.74, 6) is 0.242. The molecule has 0 saturated carbocycles. The predicted molar refractivity (Wildman–Crippen MR) is 64.0 cm³/mol. The number of piperazine rings is 1. The predicted octanol–water partition coefficient (Wildman–Crippen LogP) is 0.165. The highest BCUT2D eigenvalue weighted by Crippen LogP contribution is 2.23. The summed E-state index contributed by atoms with van der Waals surface area (Å²) < 4.78 is 0. The summed E-state index contributed by atoms with van der Waals surface area (Å²) in [5, 5.41) is 6.66. The van der Waals surface area contributed by atoms with Crippen LogP contribution in [0.3, 0.4) is 0 Å². The van der Waals surface area contributed by atoms with E-state index in [2.05, 4.69) is 10.2 Å². The van der Waals surface area contributed by atoms with Crippen LogP contribution in [0.15, 0.2) is 6.20 Å². The van der Waals surface area contributed by atoms with Crippen LogP contribution in [0.5, 0.6) is 0 Å². The summed E-state index contributed by atoms with van der Waals surface area (Å²) >= 11 is 0. The molecule has 2 saturated heterocycles. The first-order valence-electron chi connectivity index (χ1n) is 6.25. The fourth-order valence-corrected chi connectivity index (χ4v) is 2.79. The maximum Gasteiger partial charge on any atom is 0.257 e. The summed E-state index contributed by atoms with van der Waals surface area (Å²) in [4.78, 5) is 27.6. The van der Waals surface area contributed by atoms with Gasteiger partial charge in [-0.2, -0.15) is 5.10 Å². The lowest BCUT2D eigenvalue weighted by atomic mass is 10.1. The van der Waals surface area contributed by atoms with E-state index in [0.29, 0.717) is 31.6 Å². The zero-order chi connectivity index (χ0) is 12.7. The van der Waals surface area contributed by atoms with E-state index in [1.807, 2.05) is 16.7 Å². The molecule has 3 rings (SSSR count). The number of nitrogens with zero attached hydrogens (tertiary/aromatic N) is 3. The van der Waals surface area contributed by atoms with Crippen molar-refractivity contribution in [2.45, 2.75) is 25.8 Å². The molecule has 2 aliphatic heterocycles. The molecule has 1 aromatic rings. The summed E-state index contributed by atoms with van der Waals surface area (Å²) in [6.07, 6.45) is 3.06. The molecule has 0 radical (unpaired) electrons. The van der Waals surface area contributed by atoms with Crippen molar-refractivity contribution in [3.8, 4) is 0 Å². The Bertz CT molecular complexity index is 496. The van der Waals surface area contributed by atoms with Gasteiger partial charge in [-0.05, 0) is 13.3 Å². The van der Waals surface area contributed by atoms with E-state index in [1.165, 1.54) is 0 Å². The van der Waals surface area contributed by atoms with Crippen molar-refractivity contribution in [3.05, 3.63) is 17.5 Å². The van der Waals surface area contributed by atoms with Crippen molar-refractivity contribution in [1.82, 2.24) is 20.0 Å². The van der Waals surface area contributed by atoms with Gasteiger partial charge in [-0.3, -0.25) is 14.7 Å². The average molecular weight is 248 g/mol. The van der Waals surface area contributed by atoms with E-state index < -0.39 is 0 Å². The fraction of sp³-hybridized carbons (Fsp3) is 0.583. The molecule has 18 heavy (non-hydrogen) atoms. The molecule has 1 aromatic heterocycles. The summed E-state index contributed by atoms with van der Waals surface area (Å²) in [5.41, 5.74) is 1.43. The van der Waals surface area contributed by atoms with Gasteiger partial charge in [-0.1, -0.05) is 0 Å². The van der Waals surface area contributed by atoms with Crippen molar-refractivity contribution in [2.24, 2.45) is 0 Å². The number of fused-ring (bicyclic) bond motifs is 1. The van der Waals surface area contributed by atoms with Gasteiger partial charge in [0.1, 0.15) is 0 Å². The molecule has 1 N–H and O–H groups in total. The van der Waals surface area contributed by atoms with Gasteiger partial charge >= 0.3 is 0 Å². The number of aryl methyl sites for hydroxylation is 1. The smallest absolute Gasteiger partial charge is 0.257 e. The molecule has 96 valence electrons. The van der Waals surface area contributed by atoms with Crippen LogP contribution in [0, 0.1) is 6.92 Å². The minimum Gasteiger partial charge on any atom is -0.336 e. The number of H-pyrrole nitrogens is 1. The Hall–Kier alpha value is -1.85. The van der Waals surface area contributed by atoms with E-state index in [9.17, 15) is 9.59 Å². The molecule has 0 spiro atoms. The molecule has 1 atom stereocenters. The number of aromatic nitrogens is 2. The SMILES string of the molecule is Cc1[nH]ncc1C(=O)N1CCN2C(=O)CCC2C1. The standard InChI is InChI=1S/C12H16N4O2/c1-8-10(6-13-14-8)12(18)15-4-5-16-9(7-15)2-3-11(16)17/h6,9H,2-5,7H2,1H3,(H,13,14). The number of hydrogen-bond donors (Lipinski definition) is 1. The van der Waals surface area contributed by atoms with Crippen molar-refractivity contribution in [1.29, 1.82) is 0 Å². The molecule has 0 bridgehead atoms. The van der Waals surface area contributed by atoms with Gasteiger partial charge in [0.25, 0.3) is 5.91 Å². The second-order valence-corrected chi connectivity index (χ2v) is 4.94. The van der Waals surface area contributed by atoms with Gasteiger partial charge < -0.3 is 9.80 Å². The largest absolute Gasteiger partial charge is 0.336 e. The van der Waals surface area contributed by atoms with E-state index in [1.54, 1.807) is 6.20 Å². The third-order valence-corrected chi connectivity index (χ3v) is 3.84. The first-order chi connectivity index (χ1) is 8.66. The lowest BCUT2D eigenvalue weighted by molar-refractivity contribution is -0.130. The minimum atomic E-state index is 0.0141. The average Bonchev–Trinajstić information content (AvgIpc) is 2.95. The molecule has 2 aliphatic rings. The number of aromatic amines is 1. The number of carbonyl (C=O) groups excluding carboxylic acids is 2. The zero-order valence-electron chi connectivity index (χ0n) is 10.3. The van der Waals surface area contributed by atoms with Crippen LogP contribution in [-0.4, -0.2) is 57.5 Å². The fourth-order valence-electron chi connectivity index (χ4n) is 2.79. The Morgan fingerprint density at radius 2 is 2.33 bits per heavy atom. The van der Waals surface area contributed by atoms with Gasteiger partial charge in [-0.15, -0.1) is 0 Å². The first-order valence-corrected chi connectivity index (χ1v) is 6.25. The zero-order valence-corrected chi connectivity index (χ0v) is 10.3. The number of nitrogens with one attached hydrogen (secondary N) is 1. The van der Waals surface area contributed by atoms with Gasteiger partial charge in [0, 0.05) is 37.8 Å². The Kier molecular flexibility index (Phi) is 2.57. The lowest BCUT2D eigenvalue weighted by Crippen LogP contribution is -2.53. The van der Waals surface area contributed by atoms with Crippen LogP contribution in [0.4, 0.5) is 0 Å². The van der Waals surface area contributed by atoms with Crippen molar-refractivity contribution in [3.63, 3.8) is 0 Å². The number of hydrogen-bond acceptors (Lipinski definition) is 3.